The van der Waals surface area contributed by atoms with E-state index in [2.05, 4.69) is 58.2 Å². The first-order valence-corrected chi connectivity index (χ1v) is 7.42. The summed E-state index contributed by atoms with van der Waals surface area (Å²) in [7, 11) is 1.99. The Morgan fingerprint density at radius 3 is 2.50 bits per heavy atom. The van der Waals surface area contributed by atoms with Gasteiger partial charge in [-0.2, -0.15) is 5.10 Å². The largest absolute Gasteiger partial charge is 0.319 e. The zero-order chi connectivity index (χ0) is 14.4. The lowest BCUT2D eigenvalue weighted by Gasteiger charge is -2.10. The highest BCUT2D eigenvalue weighted by atomic mass is 15.3. The van der Waals surface area contributed by atoms with Gasteiger partial charge in [-0.15, -0.1) is 0 Å². The maximum atomic E-state index is 4.61. The van der Waals surface area contributed by atoms with Gasteiger partial charge in [0.1, 0.15) is 5.82 Å². The quantitative estimate of drug-likeness (QED) is 0.840. The highest BCUT2D eigenvalue weighted by Crippen LogP contribution is 2.12. The molecule has 0 spiro atoms. The molecular formula is C16H24N4. The number of aromatic nitrogens is 3. The Bertz CT molecular complexity index is 545. The molecule has 4 heteroatoms. The van der Waals surface area contributed by atoms with E-state index in [1.807, 2.05) is 7.05 Å². The van der Waals surface area contributed by atoms with Crippen molar-refractivity contribution in [2.45, 2.75) is 39.7 Å². The summed E-state index contributed by atoms with van der Waals surface area (Å²) in [6.07, 6.45) is 2.86. The van der Waals surface area contributed by atoms with E-state index in [0.29, 0.717) is 0 Å². The summed E-state index contributed by atoms with van der Waals surface area (Å²) < 4.78 is 2.05. The molecule has 0 radical (unpaired) electrons. The summed E-state index contributed by atoms with van der Waals surface area (Å²) in [5, 5.41) is 7.81. The van der Waals surface area contributed by atoms with E-state index in [-0.39, 0.29) is 0 Å². The molecule has 0 amide bonds. The molecular weight excluding hydrogens is 248 g/mol. The molecule has 1 aromatic carbocycles. The van der Waals surface area contributed by atoms with Gasteiger partial charge in [0.15, 0.2) is 5.82 Å². The van der Waals surface area contributed by atoms with Gasteiger partial charge in [-0.1, -0.05) is 38.1 Å². The molecule has 1 heterocycles. The second-order valence-electron chi connectivity index (χ2n) is 4.93. The van der Waals surface area contributed by atoms with Crippen LogP contribution in [0.1, 0.15) is 36.6 Å². The summed E-state index contributed by atoms with van der Waals surface area (Å²) in [6, 6.07) is 8.60. The number of aryl methyl sites for hydroxylation is 2. The molecule has 4 nitrogen and oxygen atoms in total. The van der Waals surface area contributed by atoms with Gasteiger partial charge in [0, 0.05) is 12.8 Å². The average molecular weight is 272 g/mol. The monoisotopic (exact) mass is 272 g/mol. The van der Waals surface area contributed by atoms with E-state index in [9.17, 15) is 0 Å². The number of hydrogen-bond donors (Lipinski definition) is 1. The van der Waals surface area contributed by atoms with Crippen LogP contribution in [0.2, 0.25) is 0 Å². The number of nitrogens with one attached hydrogen (secondary N) is 1. The first-order valence-electron chi connectivity index (χ1n) is 7.42. The molecule has 2 aromatic rings. The number of benzene rings is 1. The number of rotatable bonds is 7. The number of hydrogen-bond acceptors (Lipinski definition) is 3. The number of likely N-dealkylation sites (N-methyl/N-ethyl adjacent to an activating group) is 1. The minimum absolute atomic E-state index is 0.816. The summed E-state index contributed by atoms with van der Waals surface area (Å²) >= 11 is 0. The van der Waals surface area contributed by atoms with Crippen LogP contribution < -0.4 is 5.32 Å². The topological polar surface area (TPSA) is 42.7 Å². The van der Waals surface area contributed by atoms with Gasteiger partial charge in [0.05, 0.1) is 6.54 Å². The second-order valence-corrected chi connectivity index (χ2v) is 4.93. The predicted molar refractivity (Wildman–Crippen MR) is 82.0 cm³/mol. The van der Waals surface area contributed by atoms with Crippen molar-refractivity contribution in [1.29, 1.82) is 0 Å². The third kappa shape index (κ3) is 3.45. The SMILES string of the molecule is CCc1nc(CC)n(Cc2ccccc2CCNC)n1. The van der Waals surface area contributed by atoms with Crippen molar-refractivity contribution in [3.05, 3.63) is 47.0 Å². The Morgan fingerprint density at radius 2 is 1.85 bits per heavy atom. The van der Waals surface area contributed by atoms with Crippen LogP contribution in [-0.2, 0) is 25.8 Å². The molecule has 0 fully saturated rings. The van der Waals surface area contributed by atoms with Crippen LogP contribution in [0.4, 0.5) is 0 Å². The Morgan fingerprint density at radius 1 is 1.10 bits per heavy atom. The molecule has 0 aliphatic carbocycles. The van der Waals surface area contributed by atoms with Crippen molar-refractivity contribution in [2.75, 3.05) is 13.6 Å². The zero-order valence-corrected chi connectivity index (χ0v) is 12.7. The highest BCUT2D eigenvalue weighted by Gasteiger charge is 2.09. The van der Waals surface area contributed by atoms with Crippen LogP contribution in [0.5, 0.6) is 0 Å². The van der Waals surface area contributed by atoms with Crippen molar-refractivity contribution < 1.29 is 0 Å². The highest BCUT2D eigenvalue weighted by molar-refractivity contribution is 5.27. The van der Waals surface area contributed by atoms with E-state index < -0.39 is 0 Å². The first-order chi connectivity index (χ1) is 9.78. The van der Waals surface area contributed by atoms with E-state index in [0.717, 1.165) is 44.0 Å². The lowest BCUT2D eigenvalue weighted by molar-refractivity contribution is 0.631. The summed E-state index contributed by atoms with van der Waals surface area (Å²) in [4.78, 5) is 4.57. The summed E-state index contributed by atoms with van der Waals surface area (Å²) in [5.41, 5.74) is 2.72. The standard InChI is InChI=1S/C16H24N4/c1-4-15-18-16(5-2)20(19-15)12-14-9-7-6-8-13(14)10-11-17-3/h6-9,17H,4-5,10-12H2,1-3H3. The van der Waals surface area contributed by atoms with Crippen LogP contribution >= 0.6 is 0 Å². The van der Waals surface area contributed by atoms with E-state index in [4.69, 9.17) is 0 Å². The van der Waals surface area contributed by atoms with E-state index >= 15 is 0 Å². The Labute approximate surface area is 121 Å². The van der Waals surface area contributed by atoms with Crippen LogP contribution in [0, 0.1) is 0 Å². The summed E-state index contributed by atoms with van der Waals surface area (Å²) in [5.74, 6) is 2.01. The van der Waals surface area contributed by atoms with Gasteiger partial charge < -0.3 is 5.32 Å². The van der Waals surface area contributed by atoms with Crippen LogP contribution in [0.25, 0.3) is 0 Å². The average Bonchev–Trinajstić information content (AvgIpc) is 2.88. The first kappa shape index (κ1) is 14.7. The van der Waals surface area contributed by atoms with Gasteiger partial charge in [0.25, 0.3) is 0 Å². The Balaban J connectivity index is 2.23. The predicted octanol–water partition coefficient (Wildman–Crippen LogP) is 2.21. The fourth-order valence-corrected chi connectivity index (χ4v) is 2.34. The van der Waals surface area contributed by atoms with Gasteiger partial charge in [-0.25, -0.2) is 9.67 Å². The molecule has 0 aliphatic rings. The van der Waals surface area contributed by atoms with E-state index in [1.165, 1.54) is 11.1 Å². The minimum Gasteiger partial charge on any atom is -0.319 e. The summed E-state index contributed by atoms with van der Waals surface area (Å²) in [6.45, 7) is 6.04. The molecule has 0 atom stereocenters. The van der Waals surface area contributed by atoms with Crippen LogP contribution in [0.3, 0.4) is 0 Å². The Hall–Kier alpha value is -1.68. The molecule has 2 rings (SSSR count). The third-order valence-electron chi connectivity index (χ3n) is 3.51. The smallest absolute Gasteiger partial charge is 0.150 e. The van der Waals surface area contributed by atoms with Gasteiger partial charge in [-0.05, 0) is 31.1 Å². The van der Waals surface area contributed by atoms with Crippen molar-refractivity contribution >= 4 is 0 Å². The van der Waals surface area contributed by atoms with E-state index in [1.54, 1.807) is 0 Å². The molecule has 0 saturated heterocycles. The lowest BCUT2D eigenvalue weighted by atomic mass is 10.0. The van der Waals surface area contributed by atoms with Crippen molar-refractivity contribution in [3.8, 4) is 0 Å². The minimum atomic E-state index is 0.816. The number of nitrogens with zero attached hydrogens (tertiary/aromatic N) is 3. The maximum absolute atomic E-state index is 4.61. The molecule has 1 aromatic heterocycles. The molecule has 20 heavy (non-hydrogen) atoms. The van der Waals surface area contributed by atoms with Crippen molar-refractivity contribution in [1.82, 2.24) is 20.1 Å². The second kappa shape index (κ2) is 7.20. The molecule has 108 valence electrons. The maximum Gasteiger partial charge on any atom is 0.150 e. The third-order valence-corrected chi connectivity index (χ3v) is 3.51. The van der Waals surface area contributed by atoms with Gasteiger partial charge >= 0.3 is 0 Å². The Kier molecular flexibility index (Phi) is 5.30. The fraction of sp³-hybridized carbons (Fsp3) is 0.500. The van der Waals surface area contributed by atoms with Gasteiger partial charge in [-0.3, -0.25) is 0 Å². The molecule has 0 bridgehead atoms. The van der Waals surface area contributed by atoms with Crippen molar-refractivity contribution in [2.24, 2.45) is 0 Å². The lowest BCUT2D eigenvalue weighted by Crippen LogP contribution is -2.13. The zero-order valence-electron chi connectivity index (χ0n) is 12.7. The fourth-order valence-electron chi connectivity index (χ4n) is 2.34. The molecule has 0 aliphatic heterocycles. The van der Waals surface area contributed by atoms with Crippen molar-refractivity contribution in [3.63, 3.8) is 0 Å². The van der Waals surface area contributed by atoms with Crippen LogP contribution in [-0.4, -0.2) is 28.4 Å². The molecule has 0 unspecified atom stereocenters. The molecule has 0 saturated carbocycles. The normalized spacial score (nSPS) is 10.9. The molecule has 1 N–H and O–H groups in total. The van der Waals surface area contributed by atoms with Gasteiger partial charge in [0.2, 0.25) is 0 Å². The van der Waals surface area contributed by atoms with Crippen LogP contribution in [0.15, 0.2) is 24.3 Å².